The summed E-state index contributed by atoms with van der Waals surface area (Å²) in [6.45, 7) is 4.12. The highest BCUT2D eigenvalue weighted by Gasteiger charge is 2.67. The highest BCUT2D eigenvalue weighted by atomic mass is 32.1. The first-order chi connectivity index (χ1) is 18.8. The molecule has 7 heteroatoms. The predicted molar refractivity (Wildman–Crippen MR) is 156 cm³/mol. The zero-order valence-corrected chi connectivity index (χ0v) is 23.7. The molecule has 5 aliphatic rings. The molecule has 1 amide bonds. The second-order valence-corrected chi connectivity index (χ2v) is 13.2. The van der Waals surface area contributed by atoms with Crippen molar-refractivity contribution in [3.05, 3.63) is 71.9 Å². The van der Waals surface area contributed by atoms with Gasteiger partial charge in [0.15, 0.2) is 12.0 Å². The number of benzene rings is 2. The zero-order chi connectivity index (χ0) is 26.8. The van der Waals surface area contributed by atoms with Gasteiger partial charge in [-0.2, -0.15) is 12.6 Å². The Balaban J connectivity index is 1.09. The Morgan fingerprint density at radius 3 is 2.54 bits per heavy atom. The number of carbonyl (C=O) groups excluding carboxylic acids is 1. The van der Waals surface area contributed by atoms with E-state index < -0.39 is 11.3 Å². The Kier molecular flexibility index (Phi) is 6.07. The normalized spacial score (nSPS) is 37.1. The van der Waals surface area contributed by atoms with Crippen LogP contribution in [0.25, 0.3) is 10.9 Å². The highest BCUT2D eigenvalue weighted by Crippen LogP contribution is 2.67. The van der Waals surface area contributed by atoms with E-state index >= 15 is 0 Å². The van der Waals surface area contributed by atoms with Crippen molar-refractivity contribution in [2.75, 3.05) is 5.75 Å². The molecule has 8 rings (SSSR count). The van der Waals surface area contributed by atoms with Crippen molar-refractivity contribution in [3.63, 3.8) is 0 Å². The Bertz CT molecular complexity index is 1360. The lowest BCUT2D eigenvalue weighted by Crippen LogP contribution is -2.67. The molecule has 0 spiro atoms. The SMILES string of the molecule is CC1(OC(=O)N[C@]2(C)O[C@@H]2NC(CS)Cc2ccccc2)C2CC3CC(C2)CC1(c1c[nH]c2ccccc12)C3. The van der Waals surface area contributed by atoms with Crippen LogP contribution in [-0.2, 0) is 21.3 Å². The summed E-state index contributed by atoms with van der Waals surface area (Å²) < 4.78 is 12.6. The molecule has 39 heavy (non-hydrogen) atoms. The van der Waals surface area contributed by atoms with E-state index in [-0.39, 0.29) is 23.8 Å². The number of carbonyl (C=O) groups is 1. The fourth-order valence-corrected chi connectivity index (χ4v) is 8.79. The number of para-hydroxylation sites is 1. The summed E-state index contributed by atoms with van der Waals surface area (Å²) in [6, 6.07) is 19.0. The van der Waals surface area contributed by atoms with Gasteiger partial charge >= 0.3 is 6.09 Å². The molecule has 0 radical (unpaired) electrons. The molecule has 4 aliphatic carbocycles. The van der Waals surface area contributed by atoms with Crippen LogP contribution in [0.4, 0.5) is 4.79 Å². The summed E-state index contributed by atoms with van der Waals surface area (Å²) in [4.78, 5) is 17.1. The summed E-state index contributed by atoms with van der Waals surface area (Å²) >= 11 is 4.55. The standard InChI is InChI=1S/C32H39N3O3S/c1-30(38-29(36)35-31(2)28(37-31)34-24(19-39)15-20-8-4-3-5-9-20)23-13-21-12-22(14-23)17-32(30,16-21)26-18-33-27-11-7-6-10-25(26)27/h3-11,18,21-24,28,33-34,39H,12-17,19H2,1-2H3,(H,35,36)/t21?,22?,23?,24?,28-,30?,31+,32?/m0/s1. The van der Waals surface area contributed by atoms with Crippen LogP contribution in [0.5, 0.6) is 0 Å². The van der Waals surface area contributed by atoms with Gasteiger partial charge in [-0.3, -0.25) is 10.6 Å². The number of amides is 1. The van der Waals surface area contributed by atoms with Crippen molar-refractivity contribution in [3.8, 4) is 0 Å². The van der Waals surface area contributed by atoms with E-state index in [1.165, 1.54) is 22.9 Å². The number of ether oxygens (including phenoxy) is 2. The molecule has 4 unspecified atom stereocenters. The van der Waals surface area contributed by atoms with Crippen molar-refractivity contribution >= 4 is 29.6 Å². The molecule has 1 aromatic heterocycles. The van der Waals surface area contributed by atoms with E-state index in [0.29, 0.717) is 23.5 Å². The minimum absolute atomic E-state index is 0.132. The Morgan fingerprint density at radius 2 is 1.79 bits per heavy atom. The maximum atomic E-state index is 13.6. The van der Waals surface area contributed by atoms with E-state index in [1.807, 2.05) is 25.1 Å². The number of nitrogens with one attached hydrogen (secondary N) is 3. The third-order valence-electron chi connectivity index (χ3n) is 10.4. The van der Waals surface area contributed by atoms with Gasteiger partial charge in [0.1, 0.15) is 5.60 Å². The number of H-pyrrole nitrogens is 1. The van der Waals surface area contributed by atoms with Gasteiger partial charge in [-0.25, -0.2) is 4.79 Å². The Hall–Kier alpha value is -2.48. The second-order valence-electron chi connectivity index (χ2n) is 12.8. The number of aromatic nitrogens is 1. The highest BCUT2D eigenvalue weighted by molar-refractivity contribution is 7.80. The van der Waals surface area contributed by atoms with Crippen LogP contribution in [-0.4, -0.2) is 40.4 Å². The molecule has 2 aromatic carbocycles. The number of thiol groups is 1. The fraction of sp³-hybridized carbons (Fsp3) is 0.531. The number of fused-ring (bicyclic) bond motifs is 1. The summed E-state index contributed by atoms with van der Waals surface area (Å²) in [5.41, 5.74) is 2.15. The zero-order valence-electron chi connectivity index (χ0n) is 22.8. The lowest BCUT2D eigenvalue weighted by Gasteiger charge is -2.65. The molecule has 4 bridgehead atoms. The first-order valence-corrected chi connectivity index (χ1v) is 15.1. The molecular weight excluding hydrogens is 506 g/mol. The molecule has 1 saturated heterocycles. The third kappa shape index (κ3) is 4.20. The van der Waals surface area contributed by atoms with E-state index in [4.69, 9.17) is 9.47 Å². The number of hydrogen-bond donors (Lipinski definition) is 4. The van der Waals surface area contributed by atoms with Crippen molar-refractivity contribution in [1.82, 2.24) is 15.6 Å². The van der Waals surface area contributed by atoms with Gasteiger partial charge in [0.05, 0.1) is 0 Å². The largest absolute Gasteiger partial charge is 0.442 e. The number of alkyl carbamates (subject to hydrolysis) is 1. The number of rotatable bonds is 8. The first-order valence-electron chi connectivity index (χ1n) is 14.5. The van der Waals surface area contributed by atoms with Gasteiger partial charge < -0.3 is 14.5 Å². The molecule has 3 N–H and O–H groups in total. The van der Waals surface area contributed by atoms with Crippen LogP contribution in [0.3, 0.4) is 0 Å². The molecule has 2 heterocycles. The summed E-state index contributed by atoms with van der Waals surface area (Å²) in [7, 11) is 0. The Labute approximate surface area is 236 Å². The quantitative estimate of drug-likeness (QED) is 0.209. The average molecular weight is 546 g/mol. The van der Waals surface area contributed by atoms with Gasteiger partial charge in [0.2, 0.25) is 0 Å². The van der Waals surface area contributed by atoms with E-state index in [1.54, 1.807) is 0 Å². The lowest BCUT2D eigenvalue weighted by molar-refractivity contribution is -0.181. The van der Waals surface area contributed by atoms with Gasteiger partial charge in [-0.1, -0.05) is 48.5 Å². The van der Waals surface area contributed by atoms with Crippen molar-refractivity contribution in [2.24, 2.45) is 17.8 Å². The minimum atomic E-state index is -0.800. The molecule has 4 saturated carbocycles. The summed E-state index contributed by atoms with van der Waals surface area (Å²) in [5, 5.41) is 7.86. The predicted octanol–water partition coefficient (Wildman–Crippen LogP) is 5.93. The molecule has 5 fully saturated rings. The van der Waals surface area contributed by atoms with E-state index in [0.717, 1.165) is 37.6 Å². The number of hydrogen-bond acceptors (Lipinski definition) is 5. The first kappa shape index (κ1) is 25.5. The maximum Gasteiger partial charge on any atom is 0.410 e. The van der Waals surface area contributed by atoms with Gasteiger partial charge in [-0.05, 0) is 87.3 Å². The van der Waals surface area contributed by atoms with Crippen LogP contribution in [0.15, 0.2) is 60.8 Å². The molecule has 206 valence electrons. The fourth-order valence-electron chi connectivity index (χ4n) is 8.56. The van der Waals surface area contributed by atoms with Gasteiger partial charge in [-0.15, -0.1) is 0 Å². The monoisotopic (exact) mass is 545 g/mol. The second kappa shape index (κ2) is 9.28. The Morgan fingerprint density at radius 1 is 1.08 bits per heavy atom. The van der Waals surface area contributed by atoms with E-state index in [9.17, 15) is 4.79 Å². The van der Waals surface area contributed by atoms with Crippen LogP contribution in [0, 0.1) is 17.8 Å². The maximum absolute atomic E-state index is 13.6. The number of aromatic amines is 1. The van der Waals surface area contributed by atoms with Crippen molar-refractivity contribution in [1.29, 1.82) is 0 Å². The lowest BCUT2D eigenvalue weighted by atomic mass is 9.42. The van der Waals surface area contributed by atoms with Gasteiger partial charge in [0.25, 0.3) is 0 Å². The third-order valence-corrected chi connectivity index (χ3v) is 10.8. The number of epoxide rings is 1. The van der Waals surface area contributed by atoms with Crippen LogP contribution in [0.1, 0.15) is 57.1 Å². The smallest absolute Gasteiger partial charge is 0.410 e. The molecular formula is C32H39N3O3S. The molecule has 6 nitrogen and oxygen atoms in total. The van der Waals surface area contributed by atoms with Crippen molar-refractivity contribution < 1.29 is 14.3 Å². The summed E-state index contributed by atoms with van der Waals surface area (Å²) in [5.74, 6) is 2.45. The minimum Gasteiger partial charge on any atom is -0.442 e. The topological polar surface area (TPSA) is 78.7 Å². The summed E-state index contributed by atoms with van der Waals surface area (Å²) in [6.07, 6.45) is 8.13. The van der Waals surface area contributed by atoms with E-state index in [2.05, 4.69) is 77.8 Å². The average Bonchev–Trinajstić information content (AvgIpc) is 3.33. The molecule has 6 atom stereocenters. The van der Waals surface area contributed by atoms with Crippen molar-refractivity contribution in [2.45, 2.75) is 81.4 Å². The molecule has 1 aliphatic heterocycles. The van der Waals surface area contributed by atoms with Gasteiger partial charge in [0, 0.05) is 34.3 Å². The van der Waals surface area contributed by atoms with Crippen LogP contribution >= 0.6 is 12.6 Å². The molecule has 3 aromatic rings. The van der Waals surface area contributed by atoms with Crippen LogP contribution < -0.4 is 10.6 Å². The van der Waals surface area contributed by atoms with Crippen LogP contribution in [0.2, 0.25) is 0 Å².